The number of amides is 1. The summed E-state index contributed by atoms with van der Waals surface area (Å²) in [4.78, 5) is 17.0. The highest BCUT2D eigenvalue weighted by Gasteiger charge is 2.29. The molecule has 2 rings (SSSR count). The van der Waals surface area contributed by atoms with Gasteiger partial charge in [0.2, 0.25) is 5.91 Å². The van der Waals surface area contributed by atoms with Crippen molar-refractivity contribution in [3.63, 3.8) is 0 Å². The molecule has 2 aliphatic rings. The molecule has 0 aliphatic carbocycles. The van der Waals surface area contributed by atoms with Crippen LogP contribution in [0, 0.1) is 5.92 Å². The highest BCUT2D eigenvalue weighted by molar-refractivity contribution is 5.85. The molecule has 23 heavy (non-hydrogen) atoms. The first kappa shape index (κ1) is 23.0. The molecule has 1 amide bonds. The lowest BCUT2D eigenvalue weighted by atomic mass is 9.95. The lowest BCUT2D eigenvalue weighted by molar-refractivity contribution is -0.135. The predicted molar refractivity (Wildman–Crippen MR) is 102 cm³/mol. The second-order valence-corrected chi connectivity index (χ2v) is 6.89. The average Bonchev–Trinajstić information content (AvgIpc) is 2.54. The number of likely N-dealkylation sites (tertiary alicyclic amines) is 1. The lowest BCUT2D eigenvalue weighted by Gasteiger charge is -2.36. The standard InChI is InChI=1S/C17H33N3O.2ClH/c1-3-4-11-19(2)14-15-8-12-20(13-9-15)17(21)16-7-5-6-10-18-16;;/h15-16,18H,3-14H2,1-2H3;2*1H. The topological polar surface area (TPSA) is 35.6 Å². The summed E-state index contributed by atoms with van der Waals surface area (Å²) < 4.78 is 0. The van der Waals surface area contributed by atoms with E-state index in [1.807, 2.05) is 0 Å². The van der Waals surface area contributed by atoms with Crippen molar-refractivity contribution in [3.05, 3.63) is 0 Å². The molecule has 0 radical (unpaired) electrons. The Morgan fingerprint density at radius 2 is 1.87 bits per heavy atom. The number of nitrogens with one attached hydrogen (secondary N) is 1. The maximum atomic E-state index is 12.5. The lowest BCUT2D eigenvalue weighted by Crippen LogP contribution is -2.51. The van der Waals surface area contributed by atoms with Crippen molar-refractivity contribution in [2.75, 3.05) is 39.8 Å². The summed E-state index contributed by atoms with van der Waals surface area (Å²) in [5, 5.41) is 3.38. The molecule has 0 aromatic carbocycles. The van der Waals surface area contributed by atoms with Crippen molar-refractivity contribution < 1.29 is 4.79 Å². The number of carbonyl (C=O) groups excluding carboxylic acids is 1. The predicted octanol–water partition coefficient (Wildman–Crippen LogP) is 2.94. The zero-order valence-corrected chi connectivity index (χ0v) is 16.4. The molecule has 2 saturated heterocycles. The molecular formula is C17H35Cl2N3O. The van der Waals surface area contributed by atoms with Crippen LogP contribution in [0.25, 0.3) is 0 Å². The number of hydrogen-bond donors (Lipinski definition) is 1. The molecule has 2 aliphatic heterocycles. The quantitative estimate of drug-likeness (QED) is 0.783. The molecule has 0 bridgehead atoms. The Bertz CT molecular complexity index is 317. The van der Waals surface area contributed by atoms with Gasteiger partial charge in [-0.2, -0.15) is 0 Å². The maximum absolute atomic E-state index is 12.5. The highest BCUT2D eigenvalue weighted by Crippen LogP contribution is 2.20. The van der Waals surface area contributed by atoms with Crippen molar-refractivity contribution >= 4 is 30.7 Å². The van der Waals surface area contributed by atoms with Gasteiger partial charge in [-0.25, -0.2) is 0 Å². The number of piperidine rings is 2. The summed E-state index contributed by atoms with van der Waals surface area (Å²) in [6, 6.07) is 0.0996. The second kappa shape index (κ2) is 12.3. The molecule has 1 unspecified atom stereocenters. The van der Waals surface area contributed by atoms with Crippen LogP contribution in [0.15, 0.2) is 0 Å². The normalized spacial score (nSPS) is 22.4. The summed E-state index contributed by atoms with van der Waals surface area (Å²) in [7, 11) is 2.24. The molecule has 0 aromatic heterocycles. The fraction of sp³-hybridized carbons (Fsp3) is 0.941. The van der Waals surface area contributed by atoms with Gasteiger partial charge in [0.15, 0.2) is 0 Å². The number of rotatable bonds is 6. The van der Waals surface area contributed by atoms with E-state index in [9.17, 15) is 4.79 Å². The van der Waals surface area contributed by atoms with E-state index in [2.05, 4.69) is 29.1 Å². The summed E-state index contributed by atoms with van der Waals surface area (Å²) in [6.45, 7) is 7.59. The van der Waals surface area contributed by atoms with E-state index in [1.165, 1.54) is 51.6 Å². The minimum atomic E-state index is 0. The van der Waals surface area contributed by atoms with E-state index < -0.39 is 0 Å². The molecule has 6 heteroatoms. The van der Waals surface area contributed by atoms with Crippen molar-refractivity contribution in [3.8, 4) is 0 Å². The van der Waals surface area contributed by atoms with Crippen molar-refractivity contribution in [1.82, 2.24) is 15.1 Å². The van der Waals surface area contributed by atoms with Crippen LogP contribution in [-0.2, 0) is 4.79 Å². The number of unbranched alkanes of at least 4 members (excludes halogenated alkanes) is 1. The van der Waals surface area contributed by atoms with Crippen LogP contribution in [0.5, 0.6) is 0 Å². The SMILES string of the molecule is CCCCN(C)CC1CCN(C(=O)C2CCCCN2)CC1.Cl.Cl. The van der Waals surface area contributed by atoms with E-state index in [0.717, 1.165) is 32.0 Å². The smallest absolute Gasteiger partial charge is 0.239 e. The first-order chi connectivity index (χ1) is 10.2. The van der Waals surface area contributed by atoms with Crippen molar-refractivity contribution in [1.29, 1.82) is 0 Å². The number of carbonyl (C=O) groups is 1. The monoisotopic (exact) mass is 367 g/mol. The van der Waals surface area contributed by atoms with E-state index in [1.54, 1.807) is 0 Å². The Balaban J connectivity index is 0.00000242. The van der Waals surface area contributed by atoms with Gasteiger partial charge in [0.05, 0.1) is 6.04 Å². The van der Waals surface area contributed by atoms with Gasteiger partial charge in [0.25, 0.3) is 0 Å². The average molecular weight is 368 g/mol. The van der Waals surface area contributed by atoms with Gasteiger partial charge in [-0.3, -0.25) is 4.79 Å². The molecule has 0 saturated carbocycles. The zero-order chi connectivity index (χ0) is 15.1. The number of hydrogen-bond acceptors (Lipinski definition) is 3. The molecule has 4 nitrogen and oxygen atoms in total. The van der Waals surface area contributed by atoms with Gasteiger partial charge in [-0.15, -0.1) is 24.8 Å². The van der Waals surface area contributed by atoms with Gasteiger partial charge in [-0.05, 0) is 58.2 Å². The molecule has 2 fully saturated rings. The molecule has 0 spiro atoms. The van der Waals surface area contributed by atoms with Crippen LogP contribution in [0.2, 0.25) is 0 Å². The maximum Gasteiger partial charge on any atom is 0.239 e. The first-order valence-electron chi connectivity index (χ1n) is 8.91. The largest absolute Gasteiger partial charge is 0.341 e. The second-order valence-electron chi connectivity index (χ2n) is 6.89. The summed E-state index contributed by atoms with van der Waals surface area (Å²) >= 11 is 0. The fourth-order valence-corrected chi connectivity index (χ4v) is 3.58. The molecular weight excluding hydrogens is 333 g/mol. The Morgan fingerprint density at radius 1 is 1.17 bits per heavy atom. The fourth-order valence-electron chi connectivity index (χ4n) is 3.58. The third-order valence-corrected chi connectivity index (χ3v) is 5.00. The first-order valence-corrected chi connectivity index (χ1v) is 8.91. The highest BCUT2D eigenvalue weighted by atomic mass is 35.5. The number of nitrogens with zero attached hydrogens (tertiary/aromatic N) is 2. The Kier molecular flexibility index (Phi) is 12.3. The van der Waals surface area contributed by atoms with Gasteiger partial charge in [-0.1, -0.05) is 19.8 Å². The Morgan fingerprint density at radius 3 is 2.43 bits per heavy atom. The van der Waals surface area contributed by atoms with Crippen molar-refractivity contribution in [2.45, 2.75) is 57.9 Å². The Labute approximate surface area is 154 Å². The van der Waals surface area contributed by atoms with E-state index >= 15 is 0 Å². The molecule has 1 atom stereocenters. The minimum Gasteiger partial charge on any atom is -0.341 e. The van der Waals surface area contributed by atoms with Gasteiger partial charge in [0.1, 0.15) is 0 Å². The third-order valence-electron chi connectivity index (χ3n) is 5.00. The summed E-state index contributed by atoms with van der Waals surface area (Å²) in [5.74, 6) is 1.13. The van der Waals surface area contributed by atoms with Gasteiger partial charge >= 0.3 is 0 Å². The van der Waals surface area contributed by atoms with Gasteiger partial charge in [0, 0.05) is 19.6 Å². The van der Waals surface area contributed by atoms with Crippen LogP contribution in [0.1, 0.15) is 51.9 Å². The Hall–Kier alpha value is -0.0300. The molecule has 1 N–H and O–H groups in total. The number of halogens is 2. The van der Waals surface area contributed by atoms with Crippen LogP contribution in [0.4, 0.5) is 0 Å². The summed E-state index contributed by atoms with van der Waals surface area (Å²) in [5.41, 5.74) is 0. The molecule has 2 heterocycles. The van der Waals surface area contributed by atoms with Crippen LogP contribution in [0.3, 0.4) is 0 Å². The van der Waals surface area contributed by atoms with E-state index in [-0.39, 0.29) is 30.9 Å². The van der Waals surface area contributed by atoms with Crippen LogP contribution < -0.4 is 5.32 Å². The summed E-state index contributed by atoms with van der Waals surface area (Å²) in [6.07, 6.45) is 8.35. The molecule has 138 valence electrons. The minimum absolute atomic E-state index is 0. The van der Waals surface area contributed by atoms with E-state index in [0.29, 0.717) is 5.91 Å². The van der Waals surface area contributed by atoms with E-state index in [4.69, 9.17) is 0 Å². The van der Waals surface area contributed by atoms with Crippen molar-refractivity contribution in [2.24, 2.45) is 5.92 Å². The zero-order valence-electron chi connectivity index (χ0n) is 14.8. The van der Waals surface area contributed by atoms with Gasteiger partial charge < -0.3 is 15.1 Å². The third kappa shape index (κ3) is 7.59. The molecule has 0 aromatic rings. The van der Waals surface area contributed by atoms with Crippen LogP contribution in [-0.4, -0.2) is 61.5 Å². The van der Waals surface area contributed by atoms with Crippen LogP contribution >= 0.6 is 24.8 Å².